The van der Waals surface area contributed by atoms with Crippen LogP contribution >= 0.6 is 34.7 Å². The summed E-state index contributed by atoms with van der Waals surface area (Å²) in [4.78, 5) is 5.36. The van der Waals surface area contributed by atoms with Crippen molar-refractivity contribution in [3.05, 3.63) is 22.7 Å². The second-order valence-electron chi connectivity index (χ2n) is 2.31. The van der Waals surface area contributed by atoms with E-state index in [2.05, 4.69) is 11.1 Å². The molecule has 0 spiro atoms. The fraction of sp³-hybridized carbons (Fsp3) is 0.125. The summed E-state index contributed by atoms with van der Waals surface area (Å²) in [6.07, 6.45) is 2.04. The van der Waals surface area contributed by atoms with Crippen molar-refractivity contribution in [3.8, 4) is 0 Å². The summed E-state index contributed by atoms with van der Waals surface area (Å²) < 4.78 is 1.16. The molecule has 1 heterocycles. The van der Waals surface area contributed by atoms with Gasteiger partial charge in [0, 0.05) is 4.90 Å². The van der Waals surface area contributed by atoms with Gasteiger partial charge in [-0.15, -0.1) is 23.1 Å². The van der Waals surface area contributed by atoms with Crippen LogP contribution in [0.15, 0.2) is 22.5 Å². The molecule has 0 fully saturated rings. The van der Waals surface area contributed by atoms with Crippen molar-refractivity contribution in [2.45, 2.75) is 4.90 Å². The van der Waals surface area contributed by atoms with E-state index in [1.165, 1.54) is 4.90 Å². The Morgan fingerprint density at radius 2 is 2.33 bits per heavy atom. The maximum atomic E-state index is 6.01. The third-order valence-electron chi connectivity index (χ3n) is 1.60. The second-order valence-corrected chi connectivity index (χ2v) is 4.48. The van der Waals surface area contributed by atoms with Crippen molar-refractivity contribution in [2.24, 2.45) is 0 Å². The summed E-state index contributed by atoms with van der Waals surface area (Å²) in [5.74, 6) is 0. The van der Waals surface area contributed by atoms with E-state index in [1.807, 2.05) is 17.8 Å². The molecular formula is C8H6ClNS2. The molecule has 0 aliphatic heterocycles. The van der Waals surface area contributed by atoms with E-state index in [0.717, 1.165) is 15.2 Å². The minimum atomic E-state index is 0.748. The first-order valence-corrected chi connectivity index (χ1v) is 5.86. The van der Waals surface area contributed by atoms with Crippen LogP contribution in [0.4, 0.5) is 0 Å². The highest BCUT2D eigenvalue weighted by Crippen LogP contribution is 2.30. The Morgan fingerprint density at radius 3 is 3.08 bits per heavy atom. The fourth-order valence-electron chi connectivity index (χ4n) is 1.02. The number of thioether (sulfide) groups is 1. The summed E-state index contributed by atoms with van der Waals surface area (Å²) >= 11 is 9.33. The van der Waals surface area contributed by atoms with Crippen LogP contribution < -0.4 is 0 Å². The molecule has 1 aromatic heterocycles. The van der Waals surface area contributed by atoms with Gasteiger partial charge in [-0.1, -0.05) is 11.6 Å². The van der Waals surface area contributed by atoms with Crippen LogP contribution in [0.2, 0.25) is 5.02 Å². The Hall–Kier alpha value is -0.250. The number of aromatic nitrogens is 1. The first-order chi connectivity index (χ1) is 5.81. The number of rotatable bonds is 1. The Kier molecular flexibility index (Phi) is 2.26. The highest BCUT2D eigenvalue weighted by molar-refractivity contribution is 7.98. The molecule has 0 bridgehead atoms. The molecule has 2 rings (SSSR count). The molecule has 0 amide bonds. The number of benzene rings is 1. The van der Waals surface area contributed by atoms with E-state index in [1.54, 1.807) is 23.1 Å². The topological polar surface area (TPSA) is 12.9 Å². The first-order valence-electron chi connectivity index (χ1n) is 3.38. The van der Waals surface area contributed by atoms with Crippen molar-refractivity contribution < 1.29 is 0 Å². The average molecular weight is 216 g/mol. The zero-order valence-corrected chi connectivity index (χ0v) is 8.76. The molecule has 0 aliphatic rings. The third-order valence-corrected chi connectivity index (χ3v) is 3.37. The standard InChI is InChI=1S/C8H6ClNS2/c1-11-5-2-6(9)8-7(3-5)12-4-10-8/h2-4H,1H3. The van der Waals surface area contributed by atoms with E-state index in [9.17, 15) is 0 Å². The maximum absolute atomic E-state index is 6.01. The number of hydrogen-bond acceptors (Lipinski definition) is 3. The van der Waals surface area contributed by atoms with Crippen molar-refractivity contribution in [1.82, 2.24) is 4.98 Å². The SMILES string of the molecule is CSc1cc(Cl)c2ncsc2c1. The molecule has 0 N–H and O–H groups in total. The van der Waals surface area contributed by atoms with Gasteiger partial charge in [0.05, 0.1) is 20.7 Å². The monoisotopic (exact) mass is 215 g/mol. The van der Waals surface area contributed by atoms with Crippen LogP contribution in [0.1, 0.15) is 0 Å². The molecule has 0 aliphatic carbocycles. The molecule has 2 aromatic rings. The molecule has 0 saturated carbocycles. The van der Waals surface area contributed by atoms with Crippen LogP contribution in [0.3, 0.4) is 0 Å². The number of fused-ring (bicyclic) bond motifs is 1. The van der Waals surface area contributed by atoms with Crippen LogP contribution in [0, 0.1) is 0 Å². The van der Waals surface area contributed by atoms with E-state index in [0.29, 0.717) is 0 Å². The predicted octanol–water partition coefficient (Wildman–Crippen LogP) is 3.67. The third kappa shape index (κ3) is 1.32. The fourth-order valence-corrected chi connectivity index (χ4v) is 2.69. The number of thiazole rings is 1. The zero-order valence-electron chi connectivity index (χ0n) is 6.37. The molecule has 1 aromatic carbocycles. The Labute approximate surface area is 83.8 Å². The minimum absolute atomic E-state index is 0.748. The van der Waals surface area contributed by atoms with Gasteiger partial charge >= 0.3 is 0 Å². The van der Waals surface area contributed by atoms with Crippen LogP contribution in [0.5, 0.6) is 0 Å². The van der Waals surface area contributed by atoms with E-state index >= 15 is 0 Å². The maximum Gasteiger partial charge on any atom is 0.0998 e. The smallest absolute Gasteiger partial charge is 0.0998 e. The van der Waals surface area contributed by atoms with E-state index in [4.69, 9.17) is 11.6 Å². The molecule has 0 saturated heterocycles. The number of hydrogen-bond donors (Lipinski definition) is 0. The van der Waals surface area contributed by atoms with Gasteiger partial charge in [-0.3, -0.25) is 0 Å². The molecule has 0 unspecified atom stereocenters. The lowest BCUT2D eigenvalue weighted by molar-refractivity contribution is 1.46. The molecule has 0 atom stereocenters. The summed E-state index contributed by atoms with van der Waals surface area (Å²) in [5.41, 5.74) is 2.74. The van der Waals surface area contributed by atoms with Crippen LogP contribution in [-0.2, 0) is 0 Å². The van der Waals surface area contributed by atoms with Crippen molar-refractivity contribution >= 4 is 44.9 Å². The average Bonchev–Trinajstić information content (AvgIpc) is 2.52. The van der Waals surface area contributed by atoms with E-state index < -0.39 is 0 Å². The molecule has 4 heteroatoms. The summed E-state index contributed by atoms with van der Waals surface area (Å²) in [6.45, 7) is 0. The molecular weight excluding hydrogens is 210 g/mol. The van der Waals surface area contributed by atoms with Gasteiger partial charge < -0.3 is 0 Å². The number of nitrogens with zero attached hydrogens (tertiary/aromatic N) is 1. The molecule has 62 valence electrons. The number of halogens is 1. The lowest BCUT2D eigenvalue weighted by atomic mass is 10.3. The zero-order chi connectivity index (χ0) is 8.55. The Balaban J connectivity index is 2.75. The normalized spacial score (nSPS) is 10.8. The largest absolute Gasteiger partial charge is 0.243 e. The predicted molar refractivity (Wildman–Crippen MR) is 56.4 cm³/mol. The molecule has 1 nitrogen and oxygen atoms in total. The van der Waals surface area contributed by atoms with Gasteiger partial charge in [-0.25, -0.2) is 4.98 Å². The van der Waals surface area contributed by atoms with Crippen LogP contribution in [0.25, 0.3) is 10.2 Å². The lowest BCUT2D eigenvalue weighted by Gasteiger charge is -1.97. The Bertz CT molecular complexity index is 410. The van der Waals surface area contributed by atoms with Crippen molar-refractivity contribution in [2.75, 3.05) is 6.26 Å². The quantitative estimate of drug-likeness (QED) is 0.674. The van der Waals surface area contributed by atoms with Gasteiger partial charge in [0.2, 0.25) is 0 Å². The molecule has 12 heavy (non-hydrogen) atoms. The van der Waals surface area contributed by atoms with Crippen molar-refractivity contribution in [1.29, 1.82) is 0 Å². The highest BCUT2D eigenvalue weighted by atomic mass is 35.5. The van der Waals surface area contributed by atoms with E-state index in [-0.39, 0.29) is 0 Å². The minimum Gasteiger partial charge on any atom is -0.243 e. The summed E-state index contributed by atoms with van der Waals surface area (Å²) in [7, 11) is 0. The van der Waals surface area contributed by atoms with Gasteiger partial charge in [0.25, 0.3) is 0 Å². The highest BCUT2D eigenvalue weighted by Gasteiger charge is 2.03. The van der Waals surface area contributed by atoms with Gasteiger partial charge in [0.1, 0.15) is 0 Å². The van der Waals surface area contributed by atoms with Crippen LogP contribution in [-0.4, -0.2) is 11.2 Å². The summed E-state index contributed by atoms with van der Waals surface area (Å²) in [6, 6.07) is 4.07. The van der Waals surface area contributed by atoms with Gasteiger partial charge in [0.15, 0.2) is 0 Å². The van der Waals surface area contributed by atoms with Gasteiger partial charge in [-0.05, 0) is 18.4 Å². The summed E-state index contributed by atoms with van der Waals surface area (Å²) in [5, 5.41) is 0.748. The first kappa shape index (κ1) is 8.35. The molecule has 0 radical (unpaired) electrons. The second kappa shape index (κ2) is 3.24. The Morgan fingerprint density at radius 1 is 1.50 bits per heavy atom. The lowest BCUT2D eigenvalue weighted by Crippen LogP contribution is -1.73. The van der Waals surface area contributed by atoms with Crippen molar-refractivity contribution in [3.63, 3.8) is 0 Å². The van der Waals surface area contributed by atoms with Gasteiger partial charge in [-0.2, -0.15) is 0 Å².